The fourth-order valence-electron chi connectivity index (χ4n) is 0.867. The van der Waals surface area contributed by atoms with Crippen molar-refractivity contribution in [3.63, 3.8) is 0 Å². The summed E-state index contributed by atoms with van der Waals surface area (Å²) in [6, 6.07) is 0. The van der Waals surface area contributed by atoms with Gasteiger partial charge in [0.15, 0.2) is 0 Å². The van der Waals surface area contributed by atoms with Crippen LogP contribution >= 0.6 is 0 Å². The number of carbonyl (C=O) groups is 1. The number of nitrogens with zero attached hydrogens (tertiary/aromatic N) is 1. The van der Waals surface area contributed by atoms with E-state index in [-0.39, 0.29) is 17.4 Å². The molecule has 0 bridgehead atoms. The van der Waals surface area contributed by atoms with Crippen molar-refractivity contribution in [2.45, 2.75) is 20.8 Å². The predicted molar refractivity (Wildman–Crippen MR) is 67.7 cm³/mol. The fraction of sp³-hybridized carbons (Fsp3) is 0.333. The van der Waals surface area contributed by atoms with Crippen LogP contribution in [0.5, 0.6) is 0 Å². The van der Waals surface area contributed by atoms with E-state index in [1.807, 2.05) is 0 Å². The lowest BCUT2D eigenvalue weighted by atomic mass is 9.95. The lowest BCUT2D eigenvalue weighted by molar-refractivity contribution is -0.127. The van der Waals surface area contributed by atoms with Gasteiger partial charge in [-0.2, -0.15) is 0 Å². The first-order chi connectivity index (χ1) is 7.23. The molecule has 0 aromatic rings. The van der Waals surface area contributed by atoms with Crippen molar-refractivity contribution < 1.29 is 4.79 Å². The van der Waals surface area contributed by atoms with Crippen molar-refractivity contribution in [3.8, 4) is 0 Å². The van der Waals surface area contributed by atoms with Crippen molar-refractivity contribution in [1.82, 2.24) is 5.32 Å². The van der Waals surface area contributed by atoms with Crippen LogP contribution in [0.15, 0.2) is 41.3 Å². The van der Waals surface area contributed by atoms with Gasteiger partial charge in [-0.3, -0.25) is 4.79 Å². The SMILES string of the molecule is C=C/C(C(=C)N)=C(\N=C)NC(=O)C(C)(C)C. The Bertz CT molecular complexity index is 359. The average Bonchev–Trinajstić information content (AvgIpc) is 2.14. The van der Waals surface area contributed by atoms with E-state index >= 15 is 0 Å². The van der Waals surface area contributed by atoms with Crippen LogP contribution in [0.1, 0.15) is 20.8 Å². The molecule has 0 aliphatic heterocycles. The summed E-state index contributed by atoms with van der Waals surface area (Å²) < 4.78 is 0. The molecule has 4 nitrogen and oxygen atoms in total. The number of hydrogen-bond acceptors (Lipinski definition) is 3. The van der Waals surface area contributed by atoms with Crippen molar-refractivity contribution in [1.29, 1.82) is 0 Å². The number of hydrogen-bond donors (Lipinski definition) is 2. The first kappa shape index (κ1) is 14.2. The molecule has 0 fully saturated rings. The van der Waals surface area contributed by atoms with Crippen LogP contribution in [-0.2, 0) is 4.79 Å². The highest BCUT2D eigenvalue weighted by atomic mass is 16.2. The fourth-order valence-corrected chi connectivity index (χ4v) is 0.867. The van der Waals surface area contributed by atoms with Gasteiger partial charge < -0.3 is 11.1 Å². The summed E-state index contributed by atoms with van der Waals surface area (Å²) in [6.07, 6.45) is 1.48. The highest BCUT2D eigenvalue weighted by Gasteiger charge is 2.22. The molecule has 0 atom stereocenters. The molecule has 0 saturated carbocycles. The standard InChI is InChI=1S/C12H19N3O/c1-7-9(8(2)13)10(14-6)15-11(16)12(3,4)5/h7H,1-2,6,13H2,3-5H3,(H,15,16)/b10-9-. The second-order valence-corrected chi connectivity index (χ2v) is 4.35. The molecule has 16 heavy (non-hydrogen) atoms. The largest absolute Gasteiger partial charge is 0.399 e. The monoisotopic (exact) mass is 221 g/mol. The Morgan fingerprint density at radius 3 is 2.19 bits per heavy atom. The zero-order valence-corrected chi connectivity index (χ0v) is 10.1. The van der Waals surface area contributed by atoms with E-state index in [2.05, 4.69) is 30.2 Å². The number of nitrogens with one attached hydrogen (secondary N) is 1. The minimum Gasteiger partial charge on any atom is -0.399 e. The van der Waals surface area contributed by atoms with Crippen molar-refractivity contribution >= 4 is 12.6 Å². The Balaban J connectivity index is 5.18. The van der Waals surface area contributed by atoms with Gasteiger partial charge in [-0.1, -0.05) is 40.0 Å². The van der Waals surface area contributed by atoms with Crippen molar-refractivity contribution in [2.75, 3.05) is 0 Å². The summed E-state index contributed by atoms with van der Waals surface area (Å²) in [4.78, 5) is 15.5. The zero-order valence-electron chi connectivity index (χ0n) is 10.1. The van der Waals surface area contributed by atoms with E-state index in [0.29, 0.717) is 5.57 Å². The third-order valence-electron chi connectivity index (χ3n) is 1.88. The molecule has 0 aliphatic carbocycles. The summed E-state index contributed by atoms with van der Waals surface area (Å²) >= 11 is 0. The molecule has 3 N–H and O–H groups in total. The van der Waals surface area contributed by atoms with Gasteiger partial charge in [0.05, 0.1) is 0 Å². The van der Waals surface area contributed by atoms with Gasteiger partial charge >= 0.3 is 0 Å². The lowest BCUT2D eigenvalue weighted by Crippen LogP contribution is -2.34. The lowest BCUT2D eigenvalue weighted by Gasteiger charge is -2.18. The second-order valence-electron chi connectivity index (χ2n) is 4.35. The molecule has 0 aliphatic rings. The molecule has 0 heterocycles. The van der Waals surface area contributed by atoms with Gasteiger partial charge in [-0.15, -0.1) is 0 Å². The van der Waals surface area contributed by atoms with Crippen LogP contribution < -0.4 is 11.1 Å². The number of rotatable bonds is 4. The Hall–Kier alpha value is -1.84. The summed E-state index contributed by atoms with van der Waals surface area (Å²) in [5, 5.41) is 2.64. The van der Waals surface area contributed by atoms with Gasteiger partial charge in [-0.25, -0.2) is 4.99 Å². The van der Waals surface area contributed by atoms with Gasteiger partial charge in [0.1, 0.15) is 5.82 Å². The topological polar surface area (TPSA) is 67.5 Å². The van der Waals surface area contributed by atoms with Crippen LogP contribution in [0, 0.1) is 5.41 Å². The van der Waals surface area contributed by atoms with E-state index < -0.39 is 5.41 Å². The first-order valence-corrected chi connectivity index (χ1v) is 4.83. The maximum Gasteiger partial charge on any atom is 0.230 e. The van der Waals surface area contributed by atoms with E-state index in [1.54, 1.807) is 20.8 Å². The maximum atomic E-state index is 11.7. The normalized spacial score (nSPS) is 12.4. The summed E-state index contributed by atoms with van der Waals surface area (Å²) in [5.41, 5.74) is 5.79. The summed E-state index contributed by atoms with van der Waals surface area (Å²) in [6.45, 7) is 15.9. The molecule has 0 aromatic carbocycles. The molecule has 0 rings (SSSR count). The van der Waals surface area contributed by atoms with Crippen LogP contribution in [0.4, 0.5) is 0 Å². The van der Waals surface area contributed by atoms with Gasteiger partial charge in [0, 0.05) is 16.7 Å². The van der Waals surface area contributed by atoms with E-state index in [0.717, 1.165) is 0 Å². The predicted octanol–water partition coefficient (Wildman–Crippen LogP) is 1.72. The van der Waals surface area contributed by atoms with Crippen molar-refractivity contribution in [3.05, 3.63) is 36.3 Å². The average molecular weight is 221 g/mol. The second kappa shape index (κ2) is 5.30. The van der Waals surface area contributed by atoms with Gasteiger partial charge in [0.2, 0.25) is 5.91 Å². The quantitative estimate of drug-likeness (QED) is 0.560. The van der Waals surface area contributed by atoms with Crippen molar-refractivity contribution in [2.24, 2.45) is 16.1 Å². The highest BCUT2D eigenvalue weighted by molar-refractivity contribution is 5.83. The van der Waals surface area contributed by atoms with Gasteiger partial charge in [-0.05, 0) is 6.72 Å². The third kappa shape index (κ3) is 3.73. The molecule has 0 aromatic heterocycles. The van der Waals surface area contributed by atoms with E-state index in [9.17, 15) is 4.79 Å². The maximum absolute atomic E-state index is 11.7. The summed E-state index contributed by atoms with van der Waals surface area (Å²) in [7, 11) is 0. The first-order valence-electron chi connectivity index (χ1n) is 4.83. The molecule has 4 heteroatoms. The van der Waals surface area contributed by atoms with Crippen LogP contribution in [0.25, 0.3) is 0 Å². The van der Waals surface area contributed by atoms with Crippen LogP contribution in [0.2, 0.25) is 0 Å². The van der Waals surface area contributed by atoms with E-state index in [1.165, 1.54) is 6.08 Å². The highest BCUT2D eigenvalue weighted by Crippen LogP contribution is 2.16. The molecule has 0 unspecified atom stereocenters. The molecule has 0 saturated heterocycles. The molecular formula is C12H19N3O. The number of carbonyl (C=O) groups excluding carboxylic acids is 1. The number of amides is 1. The number of aliphatic imine (C=N–C) groups is 1. The minimum absolute atomic E-state index is 0.171. The summed E-state index contributed by atoms with van der Waals surface area (Å²) in [5.74, 6) is 0.109. The molecular weight excluding hydrogens is 202 g/mol. The third-order valence-corrected chi connectivity index (χ3v) is 1.88. The Kier molecular flexibility index (Phi) is 4.69. The molecule has 1 amide bonds. The molecule has 0 spiro atoms. The van der Waals surface area contributed by atoms with Crippen LogP contribution in [0.3, 0.4) is 0 Å². The number of nitrogens with two attached hydrogens (primary N) is 1. The molecule has 0 radical (unpaired) electrons. The molecule has 88 valence electrons. The van der Waals surface area contributed by atoms with Gasteiger partial charge in [0.25, 0.3) is 0 Å². The van der Waals surface area contributed by atoms with E-state index in [4.69, 9.17) is 5.73 Å². The zero-order chi connectivity index (χ0) is 12.9. The smallest absolute Gasteiger partial charge is 0.230 e. The Morgan fingerprint density at radius 2 is 1.94 bits per heavy atom. The number of allylic oxidation sites excluding steroid dienone is 1. The minimum atomic E-state index is -0.516. The Morgan fingerprint density at radius 1 is 1.44 bits per heavy atom. The Labute approximate surface area is 96.6 Å². The van der Waals surface area contributed by atoms with Crippen LogP contribution in [-0.4, -0.2) is 12.6 Å².